The van der Waals surface area contributed by atoms with Crippen LogP contribution in [0.5, 0.6) is 11.5 Å². The zero-order valence-electron chi connectivity index (χ0n) is 13.3. The van der Waals surface area contributed by atoms with Gasteiger partial charge in [0.2, 0.25) is 0 Å². The van der Waals surface area contributed by atoms with Crippen LogP contribution in [0.1, 0.15) is 6.92 Å². The van der Waals surface area contributed by atoms with Gasteiger partial charge in [-0.25, -0.2) is 4.79 Å². The average molecular weight is 474 g/mol. The fourth-order valence-electron chi connectivity index (χ4n) is 2.01. The summed E-state index contributed by atoms with van der Waals surface area (Å²) in [4.78, 5) is 22.2. The molecule has 0 saturated heterocycles. The fraction of sp³-hybridized carbons (Fsp3) is 0.188. The molecular weight excluding hydrogens is 460 g/mol. The quantitative estimate of drug-likeness (QED) is 0.365. The third-order valence-electron chi connectivity index (χ3n) is 3.21. The Morgan fingerprint density at radius 1 is 1.24 bits per heavy atom. The molecule has 0 saturated carbocycles. The Labute approximate surface area is 160 Å². The molecule has 7 nitrogen and oxygen atoms in total. The predicted octanol–water partition coefficient (Wildman–Crippen LogP) is 4.89. The van der Waals surface area contributed by atoms with Crippen LogP contribution in [0.25, 0.3) is 0 Å². The molecule has 1 N–H and O–H groups in total. The van der Waals surface area contributed by atoms with Crippen LogP contribution in [0.4, 0.5) is 11.4 Å². The lowest BCUT2D eigenvalue weighted by molar-refractivity contribution is -0.384. The summed E-state index contributed by atoms with van der Waals surface area (Å²) < 4.78 is 12.0. The molecule has 132 valence electrons. The number of carbonyl (C=O) groups is 1. The van der Waals surface area contributed by atoms with Crippen LogP contribution in [-0.2, 0) is 9.53 Å². The minimum Gasteiger partial charge on any atom is -0.467 e. The molecule has 2 aromatic carbocycles. The number of hydrogen-bond acceptors (Lipinski definition) is 6. The summed E-state index contributed by atoms with van der Waals surface area (Å²) in [5, 5.41) is 14.0. The van der Waals surface area contributed by atoms with Gasteiger partial charge in [0.1, 0.15) is 23.2 Å². The molecule has 0 heterocycles. The van der Waals surface area contributed by atoms with Gasteiger partial charge in [0.25, 0.3) is 5.69 Å². The number of nitrogens with zero attached hydrogens (tertiary/aromatic N) is 1. The molecule has 0 spiro atoms. The van der Waals surface area contributed by atoms with Crippen LogP contribution >= 0.6 is 31.9 Å². The molecule has 0 aliphatic rings. The van der Waals surface area contributed by atoms with Gasteiger partial charge in [-0.15, -0.1) is 0 Å². The van der Waals surface area contributed by atoms with Crippen molar-refractivity contribution < 1.29 is 19.2 Å². The molecule has 1 unspecified atom stereocenters. The smallest absolute Gasteiger partial charge is 0.327 e. The van der Waals surface area contributed by atoms with Gasteiger partial charge in [0, 0.05) is 16.6 Å². The number of esters is 1. The topological polar surface area (TPSA) is 90.7 Å². The minimum atomic E-state index is -0.752. The molecule has 0 fully saturated rings. The maximum Gasteiger partial charge on any atom is 0.327 e. The molecule has 2 aromatic rings. The van der Waals surface area contributed by atoms with Crippen molar-refractivity contribution in [2.24, 2.45) is 0 Å². The Kier molecular flexibility index (Phi) is 6.38. The van der Waals surface area contributed by atoms with Crippen LogP contribution in [0.3, 0.4) is 0 Å². The van der Waals surface area contributed by atoms with Crippen molar-refractivity contribution in [3.05, 3.63) is 55.5 Å². The Morgan fingerprint density at radius 3 is 2.56 bits per heavy atom. The molecule has 1 atom stereocenters. The number of rotatable bonds is 6. The first kappa shape index (κ1) is 19.2. The molecule has 0 radical (unpaired) electrons. The molecule has 0 aliphatic heterocycles. The fourth-order valence-corrected chi connectivity index (χ4v) is 3.14. The molecule has 9 heteroatoms. The number of carbonyl (C=O) groups excluding carboxylic acids is 1. The van der Waals surface area contributed by atoms with Crippen molar-refractivity contribution in [3.8, 4) is 11.5 Å². The molecule has 2 rings (SSSR count). The maximum absolute atomic E-state index is 11.6. The number of anilines is 1. The zero-order chi connectivity index (χ0) is 18.6. The van der Waals surface area contributed by atoms with Crippen LogP contribution in [0, 0.1) is 10.1 Å². The van der Waals surface area contributed by atoms with E-state index in [1.807, 2.05) is 12.1 Å². The third kappa shape index (κ3) is 4.93. The highest BCUT2D eigenvalue weighted by atomic mass is 79.9. The highest BCUT2D eigenvalue weighted by molar-refractivity contribution is 9.11. The summed E-state index contributed by atoms with van der Waals surface area (Å²) >= 11 is 6.74. The third-order valence-corrected chi connectivity index (χ3v) is 4.33. The number of halogens is 2. The average Bonchev–Trinajstić information content (AvgIpc) is 2.56. The lowest BCUT2D eigenvalue weighted by Gasteiger charge is -2.14. The minimum absolute atomic E-state index is 0.161. The summed E-state index contributed by atoms with van der Waals surface area (Å²) in [7, 11) is 1.25. The molecule has 0 aromatic heterocycles. The van der Waals surface area contributed by atoms with Gasteiger partial charge in [0.15, 0.2) is 0 Å². The van der Waals surface area contributed by atoms with Crippen LogP contribution in [0.15, 0.2) is 45.3 Å². The first-order chi connectivity index (χ1) is 11.8. The van der Waals surface area contributed by atoms with Crippen LogP contribution in [0.2, 0.25) is 0 Å². The van der Waals surface area contributed by atoms with Gasteiger partial charge in [-0.1, -0.05) is 15.9 Å². The van der Waals surface area contributed by atoms with Crippen molar-refractivity contribution in [1.29, 1.82) is 0 Å². The van der Waals surface area contributed by atoms with Crippen LogP contribution in [-0.4, -0.2) is 24.0 Å². The second-order valence-corrected chi connectivity index (χ2v) is 6.77. The Morgan fingerprint density at radius 2 is 1.96 bits per heavy atom. The molecule has 0 amide bonds. The molecule has 0 aliphatic carbocycles. The zero-order valence-corrected chi connectivity index (χ0v) is 16.5. The van der Waals surface area contributed by atoms with Gasteiger partial charge >= 0.3 is 5.97 Å². The van der Waals surface area contributed by atoms with Crippen molar-refractivity contribution in [2.75, 3.05) is 12.4 Å². The van der Waals surface area contributed by atoms with E-state index in [1.54, 1.807) is 13.0 Å². The van der Waals surface area contributed by atoms with Gasteiger partial charge in [-0.2, -0.15) is 0 Å². The van der Waals surface area contributed by atoms with Gasteiger partial charge in [-0.3, -0.25) is 10.1 Å². The van der Waals surface area contributed by atoms with E-state index in [2.05, 4.69) is 41.9 Å². The van der Waals surface area contributed by atoms with Crippen molar-refractivity contribution >= 4 is 49.2 Å². The summed E-state index contributed by atoms with van der Waals surface area (Å²) in [5.41, 5.74) is -0.00777. The maximum atomic E-state index is 11.6. The standard InChI is InChI=1S/C16H14Br2N2O5/c1-9(16(21)24-2)19-13-8-11(4-5-14(13)20(22)23)25-15-6-3-10(17)7-12(15)18/h3-9,19H,1-2H3. The van der Waals surface area contributed by atoms with Gasteiger partial charge in [-0.05, 0) is 47.1 Å². The van der Waals surface area contributed by atoms with Crippen LogP contribution < -0.4 is 10.1 Å². The van der Waals surface area contributed by atoms with Gasteiger partial charge in [0.05, 0.1) is 16.5 Å². The summed E-state index contributed by atoms with van der Waals surface area (Å²) in [6.45, 7) is 1.55. The van der Waals surface area contributed by atoms with E-state index in [0.717, 1.165) is 8.95 Å². The Bertz CT molecular complexity index is 813. The number of nitrogens with one attached hydrogen (secondary N) is 1. The Hall–Kier alpha value is -2.13. The van der Waals surface area contributed by atoms with Crippen molar-refractivity contribution in [3.63, 3.8) is 0 Å². The molecular formula is C16H14Br2N2O5. The van der Waals surface area contributed by atoms with E-state index >= 15 is 0 Å². The van der Waals surface area contributed by atoms with E-state index in [0.29, 0.717) is 11.5 Å². The number of nitro groups is 1. The van der Waals surface area contributed by atoms with E-state index < -0.39 is 16.9 Å². The lowest BCUT2D eigenvalue weighted by atomic mass is 10.2. The summed E-state index contributed by atoms with van der Waals surface area (Å²) in [6, 6.07) is 8.89. The number of benzene rings is 2. The largest absolute Gasteiger partial charge is 0.467 e. The number of hydrogen-bond donors (Lipinski definition) is 1. The monoisotopic (exact) mass is 472 g/mol. The highest BCUT2D eigenvalue weighted by Crippen LogP contribution is 2.35. The number of nitro benzene ring substituents is 1. The van der Waals surface area contributed by atoms with Crippen molar-refractivity contribution in [1.82, 2.24) is 0 Å². The first-order valence-electron chi connectivity index (χ1n) is 7.07. The molecule has 25 heavy (non-hydrogen) atoms. The Balaban J connectivity index is 2.32. The second kappa shape index (κ2) is 8.30. The molecule has 0 bridgehead atoms. The van der Waals surface area contributed by atoms with Crippen molar-refractivity contribution in [2.45, 2.75) is 13.0 Å². The summed E-state index contributed by atoms with van der Waals surface area (Å²) in [6.07, 6.45) is 0. The summed E-state index contributed by atoms with van der Waals surface area (Å²) in [5.74, 6) is 0.397. The number of methoxy groups -OCH3 is 1. The van der Waals surface area contributed by atoms with E-state index in [-0.39, 0.29) is 11.4 Å². The second-order valence-electron chi connectivity index (χ2n) is 5.00. The normalized spacial score (nSPS) is 11.5. The number of ether oxygens (including phenoxy) is 2. The van der Waals surface area contributed by atoms with Gasteiger partial charge < -0.3 is 14.8 Å². The predicted molar refractivity (Wildman–Crippen MR) is 100 cm³/mol. The van der Waals surface area contributed by atoms with E-state index in [1.165, 1.54) is 25.3 Å². The highest BCUT2D eigenvalue weighted by Gasteiger charge is 2.20. The lowest BCUT2D eigenvalue weighted by Crippen LogP contribution is -2.27. The van der Waals surface area contributed by atoms with E-state index in [9.17, 15) is 14.9 Å². The van der Waals surface area contributed by atoms with E-state index in [4.69, 9.17) is 4.74 Å². The SMILES string of the molecule is COC(=O)C(C)Nc1cc(Oc2ccc(Br)cc2Br)ccc1[N+](=O)[O-]. The first-order valence-corrected chi connectivity index (χ1v) is 8.66.